The monoisotopic (exact) mass is 323 g/mol. The second-order valence-electron chi connectivity index (χ2n) is 5.32. The Morgan fingerprint density at radius 2 is 2.14 bits per heavy atom. The van der Waals surface area contributed by atoms with E-state index in [2.05, 4.69) is 27.3 Å². The molecule has 0 saturated carbocycles. The van der Waals surface area contributed by atoms with Crippen LogP contribution in [0.3, 0.4) is 0 Å². The van der Waals surface area contributed by atoms with Crippen LogP contribution in [0.2, 0.25) is 0 Å². The number of hydrogen-bond donors (Lipinski definition) is 1. The number of carbonyl (C=O) groups excluding carboxylic acids is 1. The number of carbonyl (C=O) groups is 1. The Hall–Kier alpha value is -1.33. The highest BCUT2D eigenvalue weighted by Crippen LogP contribution is 2.30. The number of aromatic nitrogens is 1. The molecule has 1 aliphatic rings. The van der Waals surface area contributed by atoms with Crippen molar-refractivity contribution in [2.24, 2.45) is 0 Å². The fraction of sp³-hybridized carbons (Fsp3) is 0.467. The van der Waals surface area contributed by atoms with Gasteiger partial charge in [0, 0.05) is 18.8 Å². The third-order valence-corrected chi connectivity index (χ3v) is 4.82. The van der Waals surface area contributed by atoms with Gasteiger partial charge in [0.15, 0.2) is 5.13 Å². The average molecular weight is 324 g/mol. The number of rotatable bonds is 3. The molecule has 3 rings (SSSR count). The van der Waals surface area contributed by atoms with E-state index in [9.17, 15) is 4.79 Å². The summed E-state index contributed by atoms with van der Waals surface area (Å²) < 4.78 is 1.09. The van der Waals surface area contributed by atoms with Gasteiger partial charge in [0.05, 0.1) is 10.2 Å². The molecule has 1 unspecified atom stereocenters. The van der Waals surface area contributed by atoms with Crippen LogP contribution < -0.4 is 10.2 Å². The van der Waals surface area contributed by atoms with Crippen LogP contribution in [-0.2, 0) is 4.79 Å². The van der Waals surface area contributed by atoms with Crippen molar-refractivity contribution in [1.82, 2.24) is 4.98 Å². The largest absolute Gasteiger partial charge is 0.371 e. The van der Waals surface area contributed by atoms with Crippen LogP contribution in [-0.4, -0.2) is 29.4 Å². The van der Waals surface area contributed by atoms with Gasteiger partial charge in [-0.15, -0.1) is 11.6 Å². The zero-order valence-corrected chi connectivity index (χ0v) is 13.5. The van der Waals surface area contributed by atoms with Gasteiger partial charge < -0.3 is 10.2 Å². The molecule has 1 N–H and O–H groups in total. The number of thiazole rings is 1. The number of amides is 1. The minimum Gasteiger partial charge on any atom is -0.371 e. The second kappa shape index (κ2) is 6.20. The molecule has 112 valence electrons. The van der Waals surface area contributed by atoms with Gasteiger partial charge in [0.2, 0.25) is 5.91 Å². The Kier molecular flexibility index (Phi) is 4.31. The van der Waals surface area contributed by atoms with E-state index in [1.165, 1.54) is 36.3 Å². The first-order chi connectivity index (χ1) is 10.1. The molecule has 1 aromatic carbocycles. The van der Waals surface area contributed by atoms with E-state index in [1.807, 2.05) is 6.07 Å². The van der Waals surface area contributed by atoms with Gasteiger partial charge >= 0.3 is 0 Å². The summed E-state index contributed by atoms with van der Waals surface area (Å²) >= 11 is 7.25. The van der Waals surface area contributed by atoms with Crippen molar-refractivity contribution in [2.75, 3.05) is 23.3 Å². The molecule has 1 aromatic heterocycles. The van der Waals surface area contributed by atoms with E-state index in [-0.39, 0.29) is 5.91 Å². The zero-order chi connectivity index (χ0) is 14.8. The second-order valence-corrected chi connectivity index (χ2v) is 7.01. The lowest BCUT2D eigenvalue weighted by Gasteiger charge is -2.28. The van der Waals surface area contributed by atoms with Crippen molar-refractivity contribution in [3.63, 3.8) is 0 Å². The highest BCUT2D eigenvalue weighted by molar-refractivity contribution is 7.22. The van der Waals surface area contributed by atoms with Crippen LogP contribution >= 0.6 is 22.9 Å². The highest BCUT2D eigenvalue weighted by Gasteiger charge is 2.14. The molecule has 0 aliphatic carbocycles. The van der Waals surface area contributed by atoms with Gasteiger partial charge in [-0.05, 0) is 44.4 Å². The maximum Gasteiger partial charge on any atom is 0.243 e. The summed E-state index contributed by atoms with van der Waals surface area (Å²) in [6.07, 6.45) is 3.84. The number of alkyl halides is 1. The molecule has 1 amide bonds. The minimum atomic E-state index is -0.555. The number of nitrogens with zero attached hydrogens (tertiary/aromatic N) is 2. The van der Waals surface area contributed by atoms with Crippen LogP contribution in [0.5, 0.6) is 0 Å². The van der Waals surface area contributed by atoms with E-state index in [1.54, 1.807) is 6.92 Å². The first-order valence-corrected chi connectivity index (χ1v) is 8.49. The standard InChI is InChI=1S/C15H18ClN3OS/c1-10(16)14(20)18-15-17-12-6-5-11(9-13(12)21-15)19-7-3-2-4-8-19/h5-6,9-10H,2-4,7-8H2,1H3,(H,17,18,20). The third-order valence-electron chi connectivity index (χ3n) is 3.68. The smallest absolute Gasteiger partial charge is 0.243 e. The van der Waals surface area contributed by atoms with Crippen molar-refractivity contribution in [1.29, 1.82) is 0 Å². The maximum absolute atomic E-state index is 11.6. The number of benzene rings is 1. The Morgan fingerprint density at radius 1 is 1.38 bits per heavy atom. The molecule has 0 bridgehead atoms. The van der Waals surface area contributed by atoms with E-state index in [0.29, 0.717) is 5.13 Å². The summed E-state index contributed by atoms with van der Waals surface area (Å²) in [5.41, 5.74) is 2.16. The summed E-state index contributed by atoms with van der Waals surface area (Å²) in [7, 11) is 0. The van der Waals surface area contributed by atoms with Crippen molar-refractivity contribution in [3.05, 3.63) is 18.2 Å². The van der Waals surface area contributed by atoms with E-state index >= 15 is 0 Å². The number of hydrogen-bond acceptors (Lipinski definition) is 4. The summed E-state index contributed by atoms with van der Waals surface area (Å²) in [6.45, 7) is 3.90. The van der Waals surface area contributed by atoms with Gasteiger partial charge in [-0.3, -0.25) is 4.79 Å². The molecule has 0 radical (unpaired) electrons. The average Bonchev–Trinajstić information content (AvgIpc) is 2.89. The van der Waals surface area contributed by atoms with Crippen molar-refractivity contribution in [3.8, 4) is 0 Å². The number of piperidine rings is 1. The zero-order valence-electron chi connectivity index (χ0n) is 11.9. The molecule has 2 heterocycles. The number of fused-ring (bicyclic) bond motifs is 1. The molecule has 4 nitrogen and oxygen atoms in total. The summed E-state index contributed by atoms with van der Waals surface area (Å²) in [4.78, 5) is 18.5. The van der Waals surface area contributed by atoms with Gasteiger partial charge in [0.1, 0.15) is 5.38 Å². The summed E-state index contributed by atoms with van der Waals surface area (Å²) in [5.74, 6) is -0.216. The lowest BCUT2D eigenvalue weighted by atomic mass is 10.1. The third kappa shape index (κ3) is 3.30. The molecule has 0 spiro atoms. The summed E-state index contributed by atoms with van der Waals surface area (Å²) in [6, 6.07) is 6.30. The molecule has 1 fully saturated rings. The Labute approximate surface area is 133 Å². The predicted molar refractivity (Wildman–Crippen MR) is 89.6 cm³/mol. The number of halogens is 1. The van der Waals surface area contributed by atoms with Crippen LogP contribution in [0.4, 0.5) is 10.8 Å². The molecule has 21 heavy (non-hydrogen) atoms. The lowest BCUT2D eigenvalue weighted by molar-refractivity contribution is -0.115. The van der Waals surface area contributed by atoms with E-state index in [4.69, 9.17) is 11.6 Å². The fourth-order valence-electron chi connectivity index (χ4n) is 2.52. The van der Waals surface area contributed by atoms with E-state index < -0.39 is 5.38 Å². The van der Waals surface area contributed by atoms with Crippen molar-refractivity contribution < 1.29 is 4.79 Å². The maximum atomic E-state index is 11.6. The van der Waals surface area contributed by atoms with Gasteiger partial charge in [-0.1, -0.05) is 11.3 Å². The molecule has 1 saturated heterocycles. The van der Waals surface area contributed by atoms with Gasteiger partial charge in [0.25, 0.3) is 0 Å². The quantitative estimate of drug-likeness (QED) is 0.873. The lowest BCUT2D eigenvalue weighted by Crippen LogP contribution is -2.29. The molecular weight excluding hydrogens is 306 g/mol. The highest BCUT2D eigenvalue weighted by atomic mass is 35.5. The Balaban J connectivity index is 1.82. The van der Waals surface area contributed by atoms with Crippen molar-refractivity contribution in [2.45, 2.75) is 31.6 Å². The molecule has 1 atom stereocenters. The fourth-order valence-corrected chi connectivity index (χ4v) is 3.48. The predicted octanol–water partition coefficient (Wildman–Crippen LogP) is 3.85. The normalized spacial score (nSPS) is 17.0. The Morgan fingerprint density at radius 3 is 2.86 bits per heavy atom. The first kappa shape index (κ1) is 14.6. The topological polar surface area (TPSA) is 45.2 Å². The number of nitrogens with one attached hydrogen (secondary N) is 1. The summed E-state index contributed by atoms with van der Waals surface area (Å²) in [5, 5.41) is 2.81. The van der Waals surface area contributed by atoms with Gasteiger partial charge in [-0.2, -0.15) is 0 Å². The first-order valence-electron chi connectivity index (χ1n) is 7.24. The van der Waals surface area contributed by atoms with Crippen molar-refractivity contribution >= 4 is 49.9 Å². The molecular formula is C15H18ClN3OS. The van der Waals surface area contributed by atoms with Crippen LogP contribution in [0, 0.1) is 0 Å². The van der Waals surface area contributed by atoms with Gasteiger partial charge in [-0.25, -0.2) is 4.98 Å². The molecule has 2 aromatic rings. The van der Waals surface area contributed by atoms with Crippen LogP contribution in [0.1, 0.15) is 26.2 Å². The van der Waals surface area contributed by atoms with E-state index in [0.717, 1.165) is 23.3 Å². The Bertz CT molecular complexity index is 649. The molecule has 1 aliphatic heterocycles. The number of anilines is 2. The molecule has 6 heteroatoms. The van der Waals surface area contributed by atoms with Crippen LogP contribution in [0.15, 0.2) is 18.2 Å². The van der Waals surface area contributed by atoms with Crippen LogP contribution in [0.25, 0.3) is 10.2 Å². The minimum absolute atomic E-state index is 0.216. The SMILES string of the molecule is CC(Cl)C(=O)Nc1nc2ccc(N3CCCCC3)cc2s1.